The zero-order chi connectivity index (χ0) is 22.3. The van der Waals surface area contributed by atoms with E-state index in [4.69, 9.17) is 0 Å². The molecule has 1 aliphatic carbocycles. The van der Waals surface area contributed by atoms with Gasteiger partial charge in [0.05, 0.1) is 5.56 Å². The first-order valence-electron chi connectivity index (χ1n) is 12.2. The summed E-state index contributed by atoms with van der Waals surface area (Å²) < 4.78 is 0. The van der Waals surface area contributed by atoms with Crippen molar-refractivity contribution in [2.75, 3.05) is 24.5 Å². The van der Waals surface area contributed by atoms with Gasteiger partial charge in [-0.15, -0.1) is 0 Å². The Hall–Kier alpha value is -2.82. The third kappa shape index (κ3) is 5.14. The smallest absolute Gasteiger partial charge is 0.256 e. The number of anilines is 1. The number of carbonyl (C=O) groups excluding carboxylic acids is 2. The molecular formula is C27H35N3O2. The molecule has 2 aliphatic rings. The number of carbonyl (C=O) groups is 2. The minimum absolute atomic E-state index is 0.00861. The van der Waals surface area contributed by atoms with E-state index in [1.54, 1.807) is 0 Å². The maximum Gasteiger partial charge on any atom is 0.256 e. The number of hydrogen-bond acceptors (Lipinski definition) is 3. The molecule has 32 heavy (non-hydrogen) atoms. The molecule has 0 radical (unpaired) electrons. The summed E-state index contributed by atoms with van der Waals surface area (Å²) in [6, 6.07) is 18.0. The summed E-state index contributed by atoms with van der Waals surface area (Å²) in [7, 11) is 0. The Kier molecular flexibility index (Phi) is 7.46. The average molecular weight is 434 g/mol. The minimum atomic E-state index is -0.00861. The first kappa shape index (κ1) is 22.4. The number of rotatable bonds is 6. The monoisotopic (exact) mass is 433 g/mol. The molecule has 0 spiro atoms. The SMILES string of the molecule is CCN(C(=O)c1ccccc1N1CCC(NC(=O)c2ccccc2)CC1)C1CCCCC1. The lowest BCUT2D eigenvalue weighted by molar-refractivity contribution is 0.0648. The summed E-state index contributed by atoms with van der Waals surface area (Å²) in [5.74, 6) is 0.153. The molecule has 1 aliphatic heterocycles. The number of nitrogens with one attached hydrogen (secondary N) is 1. The number of nitrogens with zero attached hydrogens (tertiary/aromatic N) is 2. The van der Waals surface area contributed by atoms with Crippen LogP contribution in [0, 0.1) is 0 Å². The van der Waals surface area contributed by atoms with Crippen LogP contribution in [0.3, 0.4) is 0 Å². The van der Waals surface area contributed by atoms with Crippen molar-refractivity contribution in [2.45, 2.75) is 64.0 Å². The van der Waals surface area contributed by atoms with Gasteiger partial charge in [0.2, 0.25) is 0 Å². The van der Waals surface area contributed by atoms with Crippen LogP contribution in [0.15, 0.2) is 54.6 Å². The van der Waals surface area contributed by atoms with Crippen molar-refractivity contribution < 1.29 is 9.59 Å². The van der Waals surface area contributed by atoms with E-state index in [1.807, 2.05) is 48.5 Å². The van der Waals surface area contributed by atoms with Crippen LogP contribution >= 0.6 is 0 Å². The summed E-state index contributed by atoms with van der Waals surface area (Å²) >= 11 is 0. The normalized spacial score (nSPS) is 17.7. The topological polar surface area (TPSA) is 52.7 Å². The van der Waals surface area contributed by atoms with Crippen molar-refractivity contribution in [3.05, 3.63) is 65.7 Å². The van der Waals surface area contributed by atoms with Crippen molar-refractivity contribution in [3.63, 3.8) is 0 Å². The lowest BCUT2D eigenvalue weighted by atomic mass is 9.93. The van der Waals surface area contributed by atoms with Crippen molar-refractivity contribution in [1.82, 2.24) is 10.2 Å². The standard InChI is InChI=1S/C27H35N3O2/c1-2-30(23-13-7-4-8-14-23)27(32)24-15-9-10-16-25(24)29-19-17-22(18-20-29)28-26(31)21-11-5-3-6-12-21/h3,5-6,9-12,15-16,22-23H,2,4,7-8,13-14,17-20H2,1H3,(H,28,31). The van der Waals surface area contributed by atoms with Crippen molar-refractivity contribution in [2.24, 2.45) is 0 Å². The third-order valence-corrected chi connectivity index (χ3v) is 6.96. The highest BCUT2D eigenvalue weighted by Crippen LogP contribution is 2.29. The fourth-order valence-corrected chi connectivity index (χ4v) is 5.17. The highest BCUT2D eigenvalue weighted by molar-refractivity contribution is 6.00. The fraction of sp³-hybridized carbons (Fsp3) is 0.481. The van der Waals surface area contributed by atoms with Crippen LogP contribution in [0.1, 0.15) is 72.6 Å². The van der Waals surface area contributed by atoms with Crippen LogP contribution in [-0.2, 0) is 0 Å². The molecule has 1 saturated carbocycles. The van der Waals surface area contributed by atoms with Crippen LogP contribution in [0.4, 0.5) is 5.69 Å². The van der Waals surface area contributed by atoms with Gasteiger partial charge in [-0.3, -0.25) is 9.59 Å². The Morgan fingerprint density at radius 3 is 2.25 bits per heavy atom. The van der Waals surface area contributed by atoms with Crippen LogP contribution in [0.25, 0.3) is 0 Å². The maximum atomic E-state index is 13.5. The summed E-state index contributed by atoms with van der Waals surface area (Å²) in [5, 5.41) is 3.17. The second-order valence-electron chi connectivity index (χ2n) is 9.00. The molecule has 2 aromatic carbocycles. The van der Waals surface area contributed by atoms with Crippen molar-refractivity contribution >= 4 is 17.5 Å². The molecule has 1 N–H and O–H groups in total. The second kappa shape index (κ2) is 10.7. The van der Waals surface area contributed by atoms with Gasteiger partial charge in [0, 0.05) is 43.0 Å². The van der Waals surface area contributed by atoms with Gasteiger partial charge in [-0.25, -0.2) is 0 Å². The highest BCUT2D eigenvalue weighted by Gasteiger charge is 2.29. The number of hydrogen-bond donors (Lipinski definition) is 1. The molecule has 5 nitrogen and oxygen atoms in total. The van der Waals surface area contributed by atoms with Crippen LogP contribution < -0.4 is 10.2 Å². The number of benzene rings is 2. The molecule has 2 aromatic rings. The molecule has 2 fully saturated rings. The Bertz CT molecular complexity index is 900. The maximum absolute atomic E-state index is 13.5. The van der Waals surface area contributed by atoms with E-state index >= 15 is 0 Å². The molecule has 1 saturated heterocycles. The Morgan fingerprint density at radius 2 is 1.56 bits per heavy atom. The van der Waals surface area contributed by atoms with E-state index in [2.05, 4.69) is 28.1 Å². The van der Waals surface area contributed by atoms with Gasteiger partial charge in [-0.05, 0) is 56.9 Å². The molecule has 2 amide bonds. The summed E-state index contributed by atoms with van der Waals surface area (Å²) in [5.41, 5.74) is 2.54. The number of para-hydroxylation sites is 1. The quantitative estimate of drug-likeness (QED) is 0.706. The van der Waals surface area contributed by atoms with E-state index < -0.39 is 0 Å². The lowest BCUT2D eigenvalue weighted by Crippen LogP contribution is -2.46. The van der Waals surface area contributed by atoms with Gasteiger partial charge in [0.15, 0.2) is 0 Å². The number of piperidine rings is 1. The van der Waals surface area contributed by atoms with Crippen molar-refractivity contribution in [1.29, 1.82) is 0 Å². The van der Waals surface area contributed by atoms with Gasteiger partial charge in [-0.1, -0.05) is 49.6 Å². The zero-order valence-corrected chi connectivity index (χ0v) is 19.1. The lowest BCUT2D eigenvalue weighted by Gasteiger charge is -2.37. The van der Waals surface area contributed by atoms with Crippen molar-refractivity contribution in [3.8, 4) is 0 Å². The Morgan fingerprint density at radius 1 is 0.906 bits per heavy atom. The van der Waals surface area contributed by atoms with Crippen LogP contribution in [0.2, 0.25) is 0 Å². The molecule has 170 valence electrons. The molecule has 5 heteroatoms. The largest absolute Gasteiger partial charge is 0.371 e. The molecular weight excluding hydrogens is 398 g/mol. The van der Waals surface area contributed by atoms with Gasteiger partial charge < -0.3 is 15.1 Å². The van der Waals surface area contributed by atoms with Gasteiger partial charge in [0.1, 0.15) is 0 Å². The Labute approximate surface area is 191 Å². The van der Waals surface area contributed by atoms with E-state index in [1.165, 1.54) is 19.3 Å². The summed E-state index contributed by atoms with van der Waals surface area (Å²) in [4.78, 5) is 30.4. The number of amides is 2. The summed E-state index contributed by atoms with van der Waals surface area (Å²) in [6.07, 6.45) is 7.72. The second-order valence-corrected chi connectivity index (χ2v) is 9.00. The zero-order valence-electron chi connectivity index (χ0n) is 19.1. The van der Waals surface area contributed by atoms with Gasteiger partial charge in [0.25, 0.3) is 11.8 Å². The van der Waals surface area contributed by atoms with E-state index in [0.29, 0.717) is 11.6 Å². The van der Waals surface area contributed by atoms with Gasteiger partial charge >= 0.3 is 0 Å². The van der Waals surface area contributed by atoms with E-state index in [9.17, 15) is 9.59 Å². The fourth-order valence-electron chi connectivity index (χ4n) is 5.17. The molecule has 0 atom stereocenters. The third-order valence-electron chi connectivity index (χ3n) is 6.96. The first-order valence-corrected chi connectivity index (χ1v) is 12.2. The first-order chi connectivity index (χ1) is 15.7. The van der Waals surface area contributed by atoms with E-state index in [0.717, 1.165) is 56.6 Å². The molecule has 0 unspecified atom stereocenters. The molecule has 4 rings (SSSR count). The van der Waals surface area contributed by atoms with Gasteiger partial charge in [-0.2, -0.15) is 0 Å². The van der Waals surface area contributed by atoms with E-state index in [-0.39, 0.29) is 17.9 Å². The predicted octanol–water partition coefficient (Wildman–Crippen LogP) is 4.88. The summed E-state index contributed by atoms with van der Waals surface area (Å²) in [6.45, 7) is 4.51. The van der Waals surface area contributed by atoms with Crippen LogP contribution in [0.5, 0.6) is 0 Å². The Balaban J connectivity index is 1.41. The predicted molar refractivity (Wildman–Crippen MR) is 129 cm³/mol. The average Bonchev–Trinajstić information content (AvgIpc) is 2.86. The molecule has 0 aromatic heterocycles. The highest BCUT2D eigenvalue weighted by atomic mass is 16.2. The van der Waals surface area contributed by atoms with Crippen LogP contribution in [-0.4, -0.2) is 48.4 Å². The molecule has 1 heterocycles. The minimum Gasteiger partial charge on any atom is -0.371 e. The molecule has 0 bridgehead atoms.